The van der Waals surface area contributed by atoms with E-state index in [1.165, 1.54) is 11.1 Å². The maximum absolute atomic E-state index is 5.52. The summed E-state index contributed by atoms with van der Waals surface area (Å²) in [6, 6.07) is 6.35. The minimum Gasteiger partial charge on any atom is -0.494 e. The first-order valence-corrected chi connectivity index (χ1v) is 5.44. The monoisotopic (exact) mass is 207 g/mol. The lowest BCUT2D eigenvalue weighted by Gasteiger charge is -2.25. The van der Waals surface area contributed by atoms with Crippen molar-refractivity contribution in [3.63, 3.8) is 0 Å². The molecule has 0 aliphatic carbocycles. The van der Waals surface area contributed by atoms with Crippen molar-refractivity contribution >= 4 is 0 Å². The molecule has 0 atom stereocenters. The second-order valence-electron chi connectivity index (χ2n) is 4.29. The van der Waals surface area contributed by atoms with Crippen LogP contribution in [-0.4, -0.2) is 13.7 Å². The Morgan fingerprint density at radius 1 is 1.33 bits per heavy atom. The summed E-state index contributed by atoms with van der Waals surface area (Å²) in [5, 5.41) is 3.30. The molecule has 0 saturated heterocycles. The fraction of sp³-hybridized carbons (Fsp3) is 0.538. The Labute approximate surface area is 92.6 Å². The number of hydrogen-bond donors (Lipinski definition) is 1. The first-order valence-electron chi connectivity index (χ1n) is 5.44. The standard InChI is InChI=1S/C13H21NO/c1-6-15-12-8-7-11(9-10(12)2)13(3,4)14-5/h7-9,14H,6H2,1-5H3. The zero-order valence-corrected chi connectivity index (χ0v) is 10.3. The van der Waals surface area contributed by atoms with Gasteiger partial charge in [-0.15, -0.1) is 0 Å². The quantitative estimate of drug-likeness (QED) is 0.819. The van der Waals surface area contributed by atoms with Crippen LogP contribution in [0.3, 0.4) is 0 Å². The van der Waals surface area contributed by atoms with Crippen LogP contribution >= 0.6 is 0 Å². The van der Waals surface area contributed by atoms with Crippen molar-refractivity contribution in [2.45, 2.75) is 33.2 Å². The highest BCUT2D eigenvalue weighted by atomic mass is 16.5. The Morgan fingerprint density at radius 3 is 2.47 bits per heavy atom. The third-order valence-corrected chi connectivity index (χ3v) is 2.82. The molecule has 1 N–H and O–H groups in total. The van der Waals surface area contributed by atoms with Crippen molar-refractivity contribution in [1.82, 2.24) is 5.32 Å². The summed E-state index contributed by atoms with van der Waals surface area (Å²) in [6.45, 7) is 9.14. The van der Waals surface area contributed by atoms with Crippen molar-refractivity contribution in [2.75, 3.05) is 13.7 Å². The topological polar surface area (TPSA) is 21.3 Å². The zero-order chi connectivity index (χ0) is 11.5. The molecule has 0 aliphatic rings. The molecule has 0 amide bonds. The Hall–Kier alpha value is -1.02. The summed E-state index contributed by atoms with van der Waals surface area (Å²) in [7, 11) is 1.98. The third kappa shape index (κ3) is 2.72. The summed E-state index contributed by atoms with van der Waals surface area (Å²) >= 11 is 0. The summed E-state index contributed by atoms with van der Waals surface area (Å²) in [4.78, 5) is 0. The number of aryl methyl sites for hydroxylation is 1. The van der Waals surface area contributed by atoms with Gasteiger partial charge in [-0.05, 0) is 51.9 Å². The molecular weight excluding hydrogens is 186 g/mol. The lowest BCUT2D eigenvalue weighted by atomic mass is 9.93. The number of nitrogens with one attached hydrogen (secondary N) is 1. The van der Waals surface area contributed by atoms with Gasteiger partial charge in [-0.3, -0.25) is 0 Å². The van der Waals surface area contributed by atoms with Crippen LogP contribution in [-0.2, 0) is 5.54 Å². The summed E-state index contributed by atoms with van der Waals surface area (Å²) in [5.74, 6) is 0.980. The van der Waals surface area contributed by atoms with E-state index in [-0.39, 0.29) is 5.54 Å². The fourth-order valence-electron chi connectivity index (χ4n) is 1.50. The molecule has 1 rings (SSSR count). The predicted octanol–water partition coefficient (Wildman–Crippen LogP) is 2.85. The SMILES string of the molecule is CCOc1ccc(C(C)(C)NC)cc1C. The summed E-state index contributed by atoms with van der Waals surface area (Å²) < 4.78 is 5.52. The molecule has 1 aromatic rings. The van der Waals surface area contributed by atoms with Crippen molar-refractivity contribution < 1.29 is 4.74 Å². The van der Waals surface area contributed by atoms with Crippen LogP contribution in [0.25, 0.3) is 0 Å². The minimum absolute atomic E-state index is 0.00943. The van der Waals surface area contributed by atoms with E-state index >= 15 is 0 Å². The molecule has 0 radical (unpaired) electrons. The van der Waals surface area contributed by atoms with E-state index in [1.54, 1.807) is 0 Å². The van der Waals surface area contributed by atoms with Gasteiger partial charge in [-0.25, -0.2) is 0 Å². The van der Waals surface area contributed by atoms with Crippen molar-refractivity contribution in [3.05, 3.63) is 29.3 Å². The molecule has 0 fully saturated rings. The minimum atomic E-state index is 0.00943. The van der Waals surface area contributed by atoms with Crippen molar-refractivity contribution in [3.8, 4) is 5.75 Å². The van der Waals surface area contributed by atoms with Gasteiger partial charge in [0.2, 0.25) is 0 Å². The number of benzene rings is 1. The highest BCUT2D eigenvalue weighted by Crippen LogP contribution is 2.25. The molecule has 2 heteroatoms. The van der Waals surface area contributed by atoms with Gasteiger partial charge in [-0.1, -0.05) is 12.1 Å². The van der Waals surface area contributed by atoms with Crippen molar-refractivity contribution in [2.24, 2.45) is 0 Å². The number of hydrogen-bond acceptors (Lipinski definition) is 2. The molecule has 0 heterocycles. The lowest BCUT2D eigenvalue weighted by Crippen LogP contribution is -2.33. The second-order valence-corrected chi connectivity index (χ2v) is 4.29. The van der Waals surface area contributed by atoms with E-state index in [9.17, 15) is 0 Å². The number of ether oxygens (including phenoxy) is 1. The van der Waals surface area contributed by atoms with Crippen molar-refractivity contribution in [1.29, 1.82) is 0 Å². The largest absolute Gasteiger partial charge is 0.494 e. The van der Waals surface area contributed by atoms with Gasteiger partial charge in [0.05, 0.1) is 6.61 Å². The van der Waals surface area contributed by atoms with Gasteiger partial charge in [-0.2, -0.15) is 0 Å². The molecule has 84 valence electrons. The second kappa shape index (κ2) is 4.67. The van der Waals surface area contributed by atoms with E-state index < -0.39 is 0 Å². The smallest absolute Gasteiger partial charge is 0.122 e. The van der Waals surface area contributed by atoms with E-state index in [0.29, 0.717) is 0 Å². The average Bonchev–Trinajstić information content (AvgIpc) is 2.21. The first-order chi connectivity index (χ1) is 7.01. The summed E-state index contributed by atoms with van der Waals surface area (Å²) in [5.41, 5.74) is 2.49. The van der Waals surface area contributed by atoms with Gasteiger partial charge in [0, 0.05) is 5.54 Å². The molecule has 2 nitrogen and oxygen atoms in total. The molecule has 0 unspecified atom stereocenters. The van der Waals surface area contributed by atoms with E-state index in [1.807, 2.05) is 20.0 Å². The fourth-order valence-corrected chi connectivity index (χ4v) is 1.50. The van der Waals surface area contributed by atoms with E-state index in [0.717, 1.165) is 12.4 Å². The highest BCUT2D eigenvalue weighted by Gasteiger charge is 2.18. The van der Waals surface area contributed by atoms with Crippen LogP contribution in [0, 0.1) is 6.92 Å². The Kier molecular flexibility index (Phi) is 3.75. The van der Waals surface area contributed by atoms with Crippen LogP contribution in [0.2, 0.25) is 0 Å². The normalized spacial score (nSPS) is 11.5. The highest BCUT2D eigenvalue weighted by molar-refractivity contribution is 5.38. The van der Waals surface area contributed by atoms with Gasteiger partial charge < -0.3 is 10.1 Å². The molecule has 0 spiro atoms. The third-order valence-electron chi connectivity index (χ3n) is 2.82. The maximum atomic E-state index is 5.52. The Balaban J connectivity index is 3.01. The van der Waals surface area contributed by atoms with Crippen LogP contribution in [0.1, 0.15) is 31.9 Å². The van der Waals surface area contributed by atoms with Gasteiger partial charge in [0.1, 0.15) is 5.75 Å². The van der Waals surface area contributed by atoms with Crippen LogP contribution < -0.4 is 10.1 Å². The molecule has 0 saturated carbocycles. The van der Waals surface area contributed by atoms with Gasteiger partial charge >= 0.3 is 0 Å². The van der Waals surface area contributed by atoms with Gasteiger partial charge in [0.15, 0.2) is 0 Å². The predicted molar refractivity (Wildman–Crippen MR) is 64.4 cm³/mol. The Morgan fingerprint density at radius 2 is 2.00 bits per heavy atom. The molecule has 0 bridgehead atoms. The van der Waals surface area contributed by atoms with Crippen LogP contribution in [0.15, 0.2) is 18.2 Å². The maximum Gasteiger partial charge on any atom is 0.122 e. The molecular formula is C13H21NO. The summed E-state index contributed by atoms with van der Waals surface area (Å²) in [6.07, 6.45) is 0. The van der Waals surface area contributed by atoms with Crippen LogP contribution in [0.4, 0.5) is 0 Å². The zero-order valence-electron chi connectivity index (χ0n) is 10.3. The first kappa shape index (κ1) is 12.1. The average molecular weight is 207 g/mol. The molecule has 15 heavy (non-hydrogen) atoms. The van der Waals surface area contributed by atoms with E-state index in [2.05, 4.69) is 38.2 Å². The molecule has 0 aromatic heterocycles. The molecule has 1 aromatic carbocycles. The Bertz CT molecular complexity index is 331. The molecule has 0 aliphatic heterocycles. The number of rotatable bonds is 4. The van der Waals surface area contributed by atoms with Crippen LogP contribution in [0.5, 0.6) is 5.75 Å². The van der Waals surface area contributed by atoms with Gasteiger partial charge in [0.25, 0.3) is 0 Å². The lowest BCUT2D eigenvalue weighted by molar-refractivity contribution is 0.337. The van der Waals surface area contributed by atoms with E-state index in [4.69, 9.17) is 4.74 Å².